The van der Waals surface area contributed by atoms with Crippen LogP contribution in [0.2, 0.25) is 0 Å². The molecule has 2 aliphatic rings. The fraction of sp³-hybridized carbons (Fsp3) is 0.923. The van der Waals surface area contributed by atoms with Gasteiger partial charge in [-0.25, -0.2) is 0 Å². The van der Waals surface area contributed by atoms with Crippen molar-refractivity contribution in [2.45, 2.75) is 44.8 Å². The van der Waals surface area contributed by atoms with Gasteiger partial charge in [0.25, 0.3) is 0 Å². The molecule has 0 aromatic heterocycles. The fourth-order valence-corrected chi connectivity index (χ4v) is 2.53. The minimum atomic E-state index is -0.304. The van der Waals surface area contributed by atoms with Crippen LogP contribution in [0.4, 0.5) is 0 Å². The highest BCUT2D eigenvalue weighted by Gasteiger charge is 2.32. The summed E-state index contributed by atoms with van der Waals surface area (Å²) in [6, 6.07) is 0. The summed E-state index contributed by atoms with van der Waals surface area (Å²) in [5.41, 5.74) is 5.70. The summed E-state index contributed by atoms with van der Waals surface area (Å²) in [6.07, 6.45) is 3.43. The molecule has 0 radical (unpaired) electrons. The maximum Gasteiger partial charge on any atom is 0.249 e. The number of ether oxygens (including phenoxy) is 2. The molecule has 2 unspecified atom stereocenters. The molecule has 104 valence electrons. The Kier molecular flexibility index (Phi) is 4.59. The molecule has 0 saturated carbocycles. The van der Waals surface area contributed by atoms with E-state index in [-0.39, 0.29) is 23.5 Å². The summed E-state index contributed by atoms with van der Waals surface area (Å²) in [5.74, 6) is 0.0127. The molecule has 0 aliphatic carbocycles. The Morgan fingerprint density at radius 3 is 2.72 bits per heavy atom. The van der Waals surface area contributed by atoms with Gasteiger partial charge < -0.3 is 20.5 Å². The van der Waals surface area contributed by atoms with E-state index in [2.05, 4.69) is 12.2 Å². The van der Waals surface area contributed by atoms with Crippen LogP contribution in [0.1, 0.15) is 32.6 Å². The van der Waals surface area contributed by atoms with Crippen molar-refractivity contribution in [1.82, 2.24) is 5.32 Å². The zero-order valence-electron chi connectivity index (χ0n) is 11.1. The first kappa shape index (κ1) is 13.8. The van der Waals surface area contributed by atoms with E-state index >= 15 is 0 Å². The van der Waals surface area contributed by atoms with E-state index in [0.717, 1.165) is 38.9 Å². The number of nitrogens with two attached hydrogens (primary N) is 1. The maximum absolute atomic E-state index is 12.0. The second-order valence-corrected chi connectivity index (χ2v) is 5.70. The lowest BCUT2D eigenvalue weighted by Crippen LogP contribution is -2.43. The zero-order valence-corrected chi connectivity index (χ0v) is 11.1. The third-order valence-electron chi connectivity index (χ3n) is 4.05. The second kappa shape index (κ2) is 5.99. The monoisotopic (exact) mass is 256 g/mol. The number of hydrogen-bond acceptors (Lipinski definition) is 4. The molecule has 0 aromatic rings. The second-order valence-electron chi connectivity index (χ2n) is 5.70. The van der Waals surface area contributed by atoms with Gasteiger partial charge in [-0.2, -0.15) is 0 Å². The third kappa shape index (κ3) is 3.43. The molecule has 2 fully saturated rings. The number of carbonyl (C=O) groups excluding carboxylic acids is 1. The summed E-state index contributed by atoms with van der Waals surface area (Å²) in [5, 5.41) is 3.02. The van der Waals surface area contributed by atoms with Gasteiger partial charge in [-0.3, -0.25) is 4.79 Å². The van der Waals surface area contributed by atoms with Gasteiger partial charge in [0.15, 0.2) is 0 Å². The van der Waals surface area contributed by atoms with Gasteiger partial charge >= 0.3 is 0 Å². The van der Waals surface area contributed by atoms with Gasteiger partial charge in [0, 0.05) is 26.3 Å². The average molecular weight is 256 g/mol. The summed E-state index contributed by atoms with van der Waals surface area (Å²) in [7, 11) is 0. The summed E-state index contributed by atoms with van der Waals surface area (Å²) in [6.45, 7) is 5.00. The van der Waals surface area contributed by atoms with Gasteiger partial charge in [0.05, 0.1) is 6.10 Å². The van der Waals surface area contributed by atoms with E-state index in [1.807, 2.05) is 0 Å². The molecule has 0 spiro atoms. The molecule has 2 rings (SSSR count). The van der Waals surface area contributed by atoms with Crippen LogP contribution in [0.25, 0.3) is 0 Å². The molecular formula is C13H24N2O3. The third-order valence-corrected chi connectivity index (χ3v) is 4.05. The molecule has 2 saturated heterocycles. The molecule has 2 heterocycles. The summed E-state index contributed by atoms with van der Waals surface area (Å²) >= 11 is 0. The Labute approximate surface area is 108 Å². The molecular weight excluding hydrogens is 232 g/mol. The lowest BCUT2D eigenvalue weighted by molar-refractivity contribution is -0.132. The van der Waals surface area contributed by atoms with Gasteiger partial charge in [-0.1, -0.05) is 6.92 Å². The quantitative estimate of drug-likeness (QED) is 0.765. The zero-order chi connectivity index (χ0) is 13.0. The predicted octanol–water partition coefficient (Wildman–Crippen LogP) is 0.426. The topological polar surface area (TPSA) is 73.6 Å². The first-order valence-corrected chi connectivity index (χ1v) is 6.84. The predicted molar refractivity (Wildman–Crippen MR) is 68.1 cm³/mol. The number of carbonyl (C=O) groups is 1. The van der Waals surface area contributed by atoms with Crippen molar-refractivity contribution in [2.24, 2.45) is 11.1 Å². The van der Waals surface area contributed by atoms with Crippen molar-refractivity contribution in [3.63, 3.8) is 0 Å². The van der Waals surface area contributed by atoms with E-state index in [4.69, 9.17) is 15.2 Å². The van der Waals surface area contributed by atoms with Crippen molar-refractivity contribution in [3.05, 3.63) is 0 Å². The smallest absolute Gasteiger partial charge is 0.249 e. The number of rotatable bonds is 4. The highest BCUT2D eigenvalue weighted by atomic mass is 16.5. The number of hydrogen-bond donors (Lipinski definition) is 2. The minimum Gasteiger partial charge on any atom is -0.381 e. The van der Waals surface area contributed by atoms with Crippen LogP contribution in [-0.4, -0.2) is 44.4 Å². The van der Waals surface area contributed by atoms with Gasteiger partial charge in [-0.05, 0) is 31.1 Å². The Morgan fingerprint density at radius 2 is 2.11 bits per heavy atom. The van der Waals surface area contributed by atoms with Crippen molar-refractivity contribution in [1.29, 1.82) is 0 Å². The van der Waals surface area contributed by atoms with Crippen LogP contribution in [0.15, 0.2) is 0 Å². The molecule has 2 atom stereocenters. The molecule has 5 heteroatoms. The van der Waals surface area contributed by atoms with Gasteiger partial charge in [-0.15, -0.1) is 0 Å². The van der Waals surface area contributed by atoms with E-state index < -0.39 is 0 Å². The highest BCUT2D eigenvalue weighted by Crippen LogP contribution is 2.29. The largest absolute Gasteiger partial charge is 0.381 e. The first-order valence-electron chi connectivity index (χ1n) is 6.84. The molecule has 18 heavy (non-hydrogen) atoms. The molecule has 3 N–H and O–H groups in total. The van der Waals surface area contributed by atoms with E-state index in [1.54, 1.807) is 0 Å². The minimum absolute atomic E-state index is 0.0127. The lowest BCUT2D eigenvalue weighted by atomic mass is 9.82. The lowest BCUT2D eigenvalue weighted by Gasteiger charge is -2.33. The van der Waals surface area contributed by atoms with E-state index in [9.17, 15) is 4.79 Å². The first-order chi connectivity index (χ1) is 8.63. The number of nitrogens with one attached hydrogen (secondary N) is 1. The van der Waals surface area contributed by atoms with E-state index in [1.165, 1.54) is 0 Å². The van der Waals surface area contributed by atoms with Crippen LogP contribution in [-0.2, 0) is 14.3 Å². The Hall–Kier alpha value is -0.650. The highest BCUT2D eigenvalue weighted by molar-refractivity contribution is 5.81. The molecule has 0 aromatic carbocycles. The van der Waals surface area contributed by atoms with Crippen LogP contribution in [0.5, 0.6) is 0 Å². The SMILES string of the molecule is CC1(CNC(=O)C2CCC(CN)O2)CCOCC1. The fourth-order valence-electron chi connectivity index (χ4n) is 2.53. The Bertz CT molecular complexity index is 290. The van der Waals surface area contributed by atoms with Gasteiger partial charge in [0.2, 0.25) is 5.91 Å². The maximum atomic E-state index is 12.0. The van der Waals surface area contributed by atoms with E-state index in [0.29, 0.717) is 13.1 Å². The van der Waals surface area contributed by atoms with Crippen LogP contribution in [0, 0.1) is 5.41 Å². The van der Waals surface area contributed by atoms with Crippen molar-refractivity contribution < 1.29 is 14.3 Å². The molecule has 2 aliphatic heterocycles. The average Bonchev–Trinajstić information content (AvgIpc) is 2.86. The van der Waals surface area contributed by atoms with Crippen LogP contribution in [0.3, 0.4) is 0 Å². The van der Waals surface area contributed by atoms with Crippen LogP contribution < -0.4 is 11.1 Å². The summed E-state index contributed by atoms with van der Waals surface area (Å²) < 4.78 is 10.9. The standard InChI is InChI=1S/C13H24N2O3/c1-13(4-6-17-7-5-13)9-15-12(16)11-3-2-10(8-14)18-11/h10-11H,2-9,14H2,1H3,(H,15,16). The normalized spacial score (nSPS) is 31.2. The van der Waals surface area contributed by atoms with Crippen LogP contribution >= 0.6 is 0 Å². The van der Waals surface area contributed by atoms with Crippen molar-refractivity contribution in [2.75, 3.05) is 26.3 Å². The molecule has 5 nitrogen and oxygen atoms in total. The van der Waals surface area contributed by atoms with Crippen molar-refractivity contribution in [3.8, 4) is 0 Å². The summed E-state index contributed by atoms with van der Waals surface area (Å²) in [4.78, 5) is 12.0. The Balaban J connectivity index is 1.74. The van der Waals surface area contributed by atoms with Gasteiger partial charge in [0.1, 0.15) is 6.10 Å². The molecule has 0 bridgehead atoms. The molecule has 1 amide bonds. The van der Waals surface area contributed by atoms with Crippen molar-refractivity contribution >= 4 is 5.91 Å². The Morgan fingerprint density at radius 1 is 1.39 bits per heavy atom. The number of amides is 1.